The molecule has 10 heteroatoms. The largest absolute Gasteiger partial charge is 0.396 e. The Balaban J connectivity index is 1.96. The number of aliphatic hydroxyl groups excluding tert-OH is 1. The van der Waals surface area contributed by atoms with Crippen LogP contribution in [0.15, 0.2) is 47.3 Å². The number of nitrogens with one attached hydrogen (secondary N) is 2. The van der Waals surface area contributed by atoms with Gasteiger partial charge in [-0.25, -0.2) is 4.98 Å². The highest BCUT2D eigenvalue weighted by molar-refractivity contribution is 5.97. The number of aryl methyl sites for hydroxylation is 1. The molecule has 3 rings (SSSR count). The van der Waals surface area contributed by atoms with Gasteiger partial charge in [0.25, 0.3) is 11.5 Å². The predicted octanol–water partition coefficient (Wildman–Crippen LogP) is 2.17. The summed E-state index contributed by atoms with van der Waals surface area (Å²) in [5.41, 5.74) is 1.11. The van der Waals surface area contributed by atoms with Gasteiger partial charge in [0.2, 0.25) is 5.91 Å². The first-order valence-corrected chi connectivity index (χ1v) is 12.5. The van der Waals surface area contributed by atoms with Gasteiger partial charge < -0.3 is 25.4 Å². The van der Waals surface area contributed by atoms with Crippen LogP contribution in [0, 0.1) is 12.3 Å². The number of benzene rings is 1. The number of aliphatic hydroxyl groups is 1. The van der Waals surface area contributed by atoms with Crippen LogP contribution in [-0.4, -0.2) is 71.8 Å². The summed E-state index contributed by atoms with van der Waals surface area (Å²) in [7, 11) is 3.22. The third-order valence-electron chi connectivity index (χ3n) is 6.18. The van der Waals surface area contributed by atoms with E-state index in [-0.39, 0.29) is 36.8 Å². The molecule has 2 aromatic heterocycles. The lowest BCUT2D eigenvalue weighted by Crippen LogP contribution is -2.41. The lowest BCUT2D eigenvalue weighted by molar-refractivity contribution is -0.132. The number of amides is 2. The Morgan fingerprint density at radius 1 is 1.16 bits per heavy atom. The lowest BCUT2D eigenvalue weighted by Gasteiger charge is -2.28. The summed E-state index contributed by atoms with van der Waals surface area (Å²) in [5, 5.41) is 16.1. The van der Waals surface area contributed by atoms with Crippen LogP contribution in [-0.2, 0) is 22.6 Å². The summed E-state index contributed by atoms with van der Waals surface area (Å²) >= 11 is 0. The molecule has 204 valence electrons. The maximum absolute atomic E-state index is 13.6. The van der Waals surface area contributed by atoms with E-state index < -0.39 is 16.9 Å². The fourth-order valence-corrected chi connectivity index (χ4v) is 3.96. The quantitative estimate of drug-likeness (QED) is 0.311. The second-order valence-electron chi connectivity index (χ2n) is 10.2. The van der Waals surface area contributed by atoms with Crippen molar-refractivity contribution in [1.29, 1.82) is 0 Å². The highest BCUT2D eigenvalue weighted by Crippen LogP contribution is 2.18. The van der Waals surface area contributed by atoms with E-state index in [1.165, 1.54) is 15.5 Å². The highest BCUT2D eigenvalue weighted by atomic mass is 16.5. The standard InChI is InChI=1S/C28H37N5O5/c1-19-6-8-20(9-7-19)15-30-26(36)22-14-21-10-11-23(29-12-13-38-5)31-25(21)33(27(22)37)16-24(35)32(4)17-28(2,3)18-34/h6-11,14,34H,12-13,15-18H2,1-5H3,(H,29,31)(H,30,36). The van der Waals surface area contributed by atoms with Crippen LogP contribution >= 0.6 is 0 Å². The summed E-state index contributed by atoms with van der Waals surface area (Å²) in [5.74, 6) is -0.357. The van der Waals surface area contributed by atoms with E-state index in [2.05, 4.69) is 15.6 Å². The Morgan fingerprint density at radius 2 is 1.87 bits per heavy atom. The van der Waals surface area contributed by atoms with E-state index >= 15 is 0 Å². The molecule has 0 radical (unpaired) electrons. The molecule has 0 saturated carbocycles. The van der Waals surface area contributed by atoms with Crippen molar-refractivity contribution >= 4 is 28.7 Å². The number of fused-ring (bicyclic) bond motifs is 1. The normalized spacial score (nSPS) is 11.4. The van der Waals surface area contributed by atoms with Crippen LogP contribution in [0.4, 0.5) is 5.82 Å². The first-order valence-electron chi connectivity index (χ1n) is 12.5. The molecule has 3 aromatic rings. The minimum absolute atomic E-state index is 0.0716. The average molecular weight is 524 g/mol. The van der Waals surface area contributed by atoms with Crippen molar-refractivity contribution in [1.82, 2.24) is 19.8 Å². The lowest BCUT2D eigenvalue weighted by atomic mass is 9.94. The van der Waals surface area contributed by atoms with Crippen LogP contribution < -0.4 is 16.2 Å². The van der Waals surface area contributed by atoms with Crippen LogP contribution in [0.2, 0.25) is 0 Å². The minimum Gasteiger partial charge on any atom is -0.396 e. The molecule has 1 aromatic carbocycles. The molecule has 0 bridgehead atoms. The third-order valence-corrected chi connectivity index (χ3v) is 6.18. The Hall–Kier alpha value is -3.76. The number of hydrogen-bond donors (Lipinski definition) is 3. The Morgan fingerprint density at radius 3 is 2.53 bits per heavy atom. The number of carbonyl (C=O) groups is 2. The highest BCUT2D eigenvalue weighted by Gasteiger charge is 2.24. The van der Waals surface area contributed by atoms with E-state index in [1.807, 2.05) is 45.0 Å². The monoisotopic (exact) mass is 523 g/mol. The van der Waals surface area contributed by atoms with Crippen molar-refractivity contribution in [3.05, 3.63) is 69.5 Å². The molecule has 2 amide bonds. The van der Waals surface area contributed by atoms with Crippen LogP contribution in [0.25, 0.3) is 11.0 Å². The number of likely N-dealkylation sites (N-methyl/N-ethyl adjacent to an activating group) is 1. The number of ether oxygens (including phenoxy) is 1. The van der Waals surface area contributed by atoms with Gasteiger partial charge in [0, 0.05) is 51.2 Å². The Bertz CT molecular complexity index is 1330. The van der Waals surface area contributed by atoms with Crippen LogP contribution in [0.5, 0.6) is 0 Å². The van der Waals surface area contributed by atoms with E-state index in [9.17, 15) is 19.5 Å². The van der Waals surface area contributed by atoms with Gasteiger partial charge in [-0.15, -0.1) is 0 Å². The summed E-state index contributed by atoms with van der Waals surface area (Å²) in [6.45, 7) is 6.80. The van der Waals surface area contributed by atoms with E-state index in [0.29, 0.717) is 30.9 Å². The predicted molar refractivity (Wildman–Crippen MR) is 147 cm³/mol. The molecule has 2 heterocycles. The molecule has 0 aliphatic heterocycles. The number of pyridine rings is 2. The van der Waals surface area contributed by atoms with Crippen molar-refractivity contribution in [2.45, 2.75) is 33.9 Å². The molecule has 0 spiro atoms. The first kappa shape index (κ1) is 28.8. The molecular weight excluding hydrogens is 486 g/mol. The summed E-state index contributed by atoms with van der Waals surface area (Å²) in [4.78, 5) is 45.8. The third kappa shape index (κ3) is 7.39. The number of aromatic nitrogens is 2. The second-order valence-corrected chi connectivity index (χ2v) is 10.2. The topological polar surface area (TPSA) is 126 Å². The maximum Gasteiger partial charge on any atom is 0.265 e. The molecule has 10 nitrogen and oxygen atoms in total. The van der Waals surface area contributed by atoms with Gasteiger partial charge in [0.15, 0.2) is 0 Å². The van der Waals surface area contributed by atoms with Crippen LogP contribution in [0.3, 0.4) is 0 Å². The summed E-state index contributed by atoms with van der Waals surface area (Å²) in [6, 6.07) is 12.7. The molecule has 0 unspecified atom stereocenters. The van der Waals surface area contributed by atoms with Gasteiger partial charge in [-0.2, -0.15) is 0 Å². The smallest absolute Gasteiger partial charge is 0.265 e. The Kier molecular flexibility index (Phi) is 9.60. The molecule has 0 fully saturated rings. The second kappa shape index (κ2) is 12.7. The zero-order valence-electron chi connectivity index (χ0n) is 22.7. The SMILES string of the molecule is COCCNc1ccc2cc(C(=O)NCc3ccc(C)cc3)c(=O)n(CC(=O)N(C)CC(C)(C)CO)c2n1. The van der Waals surface area contributed by atoms with Crippen molar-refractivity contribution in [3.8, 4) is 0 Å². The molecule has 0 aliphatic rings. The van der Waals surface area contributed by atoms with Crippen molar-refractivity contribution in [2.75, 3.05) is 45.8 Å². The number of rotatable bonds is 12. The molecule has 38 heavy (non-hydrogen) atoms. The minimum atomic E-state index is -0.608. The summed E-state index contributed by atoms with van der Waals surface area (Å²) in [6.07, 6.45) is 0. The maximum atomic E-state index is 13.6. The van der Waals surface area contributed by atoms with E-state index in [1.54, 1.807) is 26.3 Å². The molecule has 3 N–H and O–H groups in total. The van der Waals surface area contributed by atoms with Crippen molar-refractivity contribution in [3.63, 3.8) is 0 Å². The molecule has 0 atom stereocenters. The number of methoxy groups -OCH3 is 1. The molecule has 0 saturated heterocycles. The van der Waals surface area contributed by atoms with Gasteiger partial charge >= 0.3 is 0 Å². The fraction of sp³-hybridized carbons (Fsp3) is 0.429. The van der Waals surface area contributed by atoms with Gasteiger partial charge in [0.05, 0.1) is 6.61 Å². The van der Waals surface area contributed by atoms with Gasteiger partial charge in [0.1, 0.15) is 23.6 Å². The van der Waals surface area contributed by atoms with E-state index in [0.717, 1.165) is 11.1 Å². The summed E-state index contributed by atoms with van der Waals surface area (Å²) < 4.78 is 6.31. The molecule has 0 aliphatic carbocycles. The molecular formula is C28H37N5O5. The van der Waals surface area contributed by atoms with Gasteiger partial charge in [-0.05, 0) is 30.7 Å². The zero-order chi connectivity index (χ0) is 27.9. The van der Waals surface area contributed by atoms with Gasteiger partial charge in [-0.1, -0.05) is 43.7 Å². The van der Waals surface area contributed by atoms with Crippen molar-refractivity contribution < 1.29 is 19.4 Å². The number of anilines is 1. The van der Waals surface area contributed by atoms with Crippen molar-refractivity contribution in [2.24, 2.45) is 5.41 Å². The fourth-order valence-electron chi connectivity index (χ4n) is 3.96. The zero-order valence-corrected chi connectivity index (χ0v) is 22.7. The number of nitrogens with zero attached hydrogens (tertiary/aromatic N) is 3. The van der Waals surface area contributed by atoms with E-state index in [4.69, 9.17) is 4.74 Å². The number of carbonyl (C=O) groups excluding carboxylic acids is 2. The number of hydrogen-bond acceptors (Lipinski definition) is 7. The van der Waals surface area contributed by atoms with Gasteiger partial charge in [-0.3, -0.25) is 19.0 Å². The van der Waals surface area contributed by atoms with Crippen LogP contribution in [0.1, 0.15) is 35.3 Å². The average Bonchev–Trinajstić information content (AvgIpc) is 2.89. The first-order chi connectivity index (χ1) is 18.0. The Labute approximate surface area is 222 Å².